The number of imidazole rings is 1. The highest BCUT2D eigenvalue weighted by molar-refractivity contribution is 5.70. The van der Waals surface area contributed by atoms with Crippen LogP contribution >= 0.6 is 0 Å². The predicted octanol–water partition coefficient (Wildman–Crippen LogP) is 3.32. The van der Waals surface area contributed by atoms with Crippen LogP contribution in [0.25, 0.3) is 11.3 Å². The van der Waals surface area contributed by atoms with E-state index in [1.165, 1.54) is 37.9 Å². The largest absolute Gasteiger partial charge is 0.383 e. The van der Waals surface area contributed by atoms with E-state index >= 15 is 0 Å². The number of anilines is 1. The molecule has 2 aromatic rings. The highest BCUT2D eigenvalue weighted by Gasteiger charge is 2.24. The molecule has 5 nitrogen and oxygen atoms in total. The molecule has 2 N–H and O–H groups in total. The van der Waals surface area contributed by atoms with E-state index < -0.39 is 0 Å². The molecule has 0 amide bonds. The predicted molar refractivity (Wildman–Crippen MR) is 85.0 cm³/mol. The Kier molecular flexibility index (Phi) is 3.99. The molecule has 1 aliphatic rings. The van der Waals surface area contributed by atoms with Crippen LogP contribution in [0.15, 0.2) is 12.4 Å². The number of aromatic nitrogens is 4. The normalized spacial score (nSPS) is 16.5. The van der Waals surface area contributed by atoms with Crippen LogP contribution in [-0.4, -0.2) is 19.3 Å². The molecule has 114 valence electrons. The lowest BCUT2D eigenvalue weighted by atomic mass is 9.88. The second-order valence-electron chi connectivity index (χ2n) is 6.09. The maximum absolute atomic E-state index is 6.40. The zero-order valence-electron chi connectivity index (χ0n) is 13.0. The van der Waals surface area contributed by atoms with Gasteiger partial charge < -0.3 is 10.3 Å². The fraction of sp³-hybridized carbons (Fsp3) is 0.625. The molecule has 0 atom stereocenters. The van der Waals surface area contributed by atoms with E-state index in [1.807, 2.05) is 19.4 Å². The third-order valence-electron chi connectivity index (χ3n) is 4.43. The molecular formula is C16H25N5. The maximum Gasteiger partial charge on any atom is 0.131 e. The van der Waals surface area contributed by atoms with Gasteiger partial charge in [-0.2, -0.15) is 5.10 Å². The van der Waals surface area contributed by atoms with Gasteiger partial charge in [0.2, 0.25) is 0 Å². The Morgan fingerprint density at radius 1 is 1.29 bits per heavy atom. The first-order valence-corrected chi connectivity index (χ1v) is 8.05. The standard InChI is InChI=1S/C16H25N5/c1-3-9-21-15(17)14(13-10-18-20(2)11-13)19-16(21)12-7-5-4-6-8-12/h10-12H,3-9,17H2,1-2H3. The summed E-state index contributed by atoms with van der Waals surface area (Å²) in [4.78, 5) is 4.92. The van der Waals surface area contributed by atoms with E-state index in [9.17, 15) is 0 Å². The van der Waals surface area contributed by atoms with E-state index in [4.69, 9.17) is 10.7 Å². The van der Waals surface area contributed by atoms with Crippen molar-refractivity contribution in [1.29, 1.82) is 0 Å². The number of rotatable bonds is 4. The average molecular weight is 287 g/mol. The quantitative estimate of drug-likeness (QED) is 0.938. The molecule has 0 aromatic carbocycles. The van der Waals surface area contributed by atoms with Gasteiger partial charge in [0.15, 0.2) is 0 Å². The van der Waals surface area contributed by atoms with Gasteiger partial charge in [0, 0.05) is 31.3 Å². The van der Waals surface area contributed by atoms with Gasteiger partial charge in [-0.05, 0) is 19.3 Å². The Labute approximate surface area is 126 Å². The lowest BCUT2D eigenvalue weighted by molar-refractivity contribution is 0.415. The van der Waals surface area contributed by atoms with E-state index in [0.717, 1.165) is 30.0 Å². The van der Waals surface area contributed by atoms with Crippen LogP contribution in [0.1, 0.15) is 57.2 Å². The Balaban J connectivity index is 2.01. The molecule has 0 radical (unpaired) electrons. The summed E-state index contributed by atoms with van der Waals surface area (Å²) in [5.41, 5.74) is 8.32. The van der Waals surface area contributed by atoms with E-state index in [0.29, 0.717) is 5.92 Å². The molecule has 0 saturated heterocycles. The zero-order chi connectivity index (χ0) is 14.8. The van der Waals surface area contributed by atoms with Crippen molar-refractivity contribution in [3.05, 3.63) is 18.2 Å². The van der Waals surface area contributed by atoms with Crippen molar-refractivity contribution < 1.29 is 0 Å². The Hall–Kier alpha value is -1.78. The molecule has 1 aliphatic carbocycles. The molecule has 1 fully saturated rings. The van der Waals surface area contributed by atoms with Crippen LogP contribution in [0, 0.1) is 0 Å². The number of nitrogens with two attached hydrogens (primary N) is 1. The summed E-state index contributed by atoms with van der Waals surface area (Å²) < 4.78 is 4.03. The third kappa shape index (κ3) is 2.69. The molecule has 2 aromatic heterocycles. The lowest BCUT2D eigenvalue weighted by Crippen LogP contribution is -2.13. The average Bonchev–Trinajstić information content (AvgIpc) is 3.06. The van der Waals surface area contributed by atoms with Crippen LogP contribution in [-0.2, 0) is 13.6 Å². The summed E-state index contributed by atoms with van der Waals surface area (Å²) in [6.07, 6.45) is 11.4. The van der Waals surface area contributed by atoms with Crippen LogP contribution in [0.3, 0.4) is 0 Å². The summed E-state index contributed by atoms with van der Waals surface area (Å²) in [6, 6.07) is 0. The first-order chi connectivity index (χ1) is 10.2. The van der Waals surface area contributed by atoms with Crippen molar-refractivity contribution in [2.75, 3.05) is 5.73 Å². The summed E-state index contributed by atoms with van der Waals surface area (Å²) in [7, 11) is 1.92. The van der Waals surface area contributed by atoms with Crippen molar-refractivity contribution in [2.24, 2.45) is 7.05 Å². The van der Waals surface area contributed by atoms with Crippen molar-refractivity contribution in [3.63, 3.8) is 0 Å². The summed E-state index contributed by atoms with van der Waals surface area (Å²) in [6.45, 7) is 3.14. The minimum atomic E-state index is 0.568. The molecule has 2 heterocycles. The molecular weight excluding hydrogens is 262 g/mol. The van der Waals surface area contributed by atoms with Gasteiger partial charge in [-0.3, -0.25) is 4.68 Å². The first kappa shape index (κ1) is 14.2. The fourth-order valence-electron chi connectivity index (χ4n) is 3.37. The summed E-state index contributed by atoms with van der Waals surface area (Å²) in [5.74, 6) is 2.55. The molecule has 0 spiro atoms. The molecule has 0 unspecified atom stereocenters. The number of nitrogens with zero attached hydrogens (tertiary/aromatic N) is 4. The summed E-state index contributed by atoms with van der Waals surface area (Å²) in [5, 5.41) is 4.24. The van der Waals surface area contributed by atoms with Gasteiger partial charge in [-0.1, -0.05) is 26.2 Å². The minimum absolute atomic E-state index is 0.568. The molecule has 21 heavy (non-hydrogen) atoms. The van der Waals surface area contributed by atoms with Crippen LogP contribution in [0.5, 0.6) is 0 Å². The highest BCUT2D eigenvalue weighted by atomic mass is 15.2. The number of aryl methyl sites for hydroxylation is 1. The second-order valence-corrected chi connectivity index (χ2v) is 6.09. The second kappa shape index (κ2) is 5.92. The van der Waals surface area contributed by atoms with Crippen molar-refractivity contribution in [2.45, 2.75) is 57.9 Å². The van der Waals surface area contributed by atoms with E-state index in [1.54, 1.807) is 4.68 Å². The fourth-order valence-corrected chi connectivity index (χ4v) is 3.37. The van der Waals surface area contributed by atoms with Gasteiger partial charge >= 0.3 is 0 Å². The minimum Gasteiger partial charge on any atom is -0.383 e. The van der Waals surface area contributed by atoms with Gasteiger partial charge in [-0.15, -0.1) is 0 Å². The van der Waals surface area contributed by atoms with E-state index in [-0.39, 0.29) is 0 Å². The van der Waals surface area contributed by atoms with Crippen LogP contribution in [0.2, 0.25) is 0 Å². The zero-order valence-corrected chi connectivity index (χ0v) is 13.0. The monoisotopic (exact) mass is 287 g/mol. The van der Waals surface area contributed by atoms with Gasteiger partial charge in [-0.25, -0.2) is 4.98 Å². The van der Waals surface area contributed by atoms with Gasteiger partial charge in [0.1, 0.15) is 17.3 Å². The van der Waals surface area contributed by atoms with Crippen LogP contribution in [0.4, 0.5) is 5.82 Å². The van der Waals surface area contributed by atoms with E-state index in [2.05, 4.69) is 16.6 Å². The van der Waals surface area contributed by atoms with Crippen molar-refractivity contribution >= 4 is 5.82 Å². The molecule has 5 heteroatoms. The summed E-state index contributed by atoms with van der Waals surface area (Å²) >= 11 is 0. The van der Waals surface area contributed by atoms with Gasteiger partial charge in [0.05, 0.1) is 6.20 Å². The molecule has 0 aliphatic heterocycles. The maximum atomic E-state index is 6.40. The Morgan fingerprint density at radius 2 is 2.05 bits per heavy atom. The number of hydrogen-bond acceptors (Lipinski definition) is 3. The smallest absolute Gasteiger partial charge is 0.131 e. The van der Waals surface area contributed by atoms with Gasteiger partial charge in [0.25, 0.3) is 0 Å². The third-order valence-corrected chi connectivity index (χ3v) is 4.43. The molecule has 1 saturated carbocycles. The van der Waals surface area contributed by atoms with Crippen molar-refractivity contribution in [1.82, 2.24) is 19.3 Å². The van der Waals surface area contributed by atoms with Crippen LogP contribution < -0.4 is 5.73 Å². The molecule has 3 rings (SSSR count). The molecule has 0 bridgehead atoms. The highest BCUT2D eigenvalue weighted by Crippen LogP contribution is 2.36. The topological polar surface area (TPSA) is 61.7 Å². The van der Waals surface area contributed by atoms with Crippen molar-refractivity contribution in [3.8, 4) is 11.3 Å². The number of nitrogen functional groups attached to an aromatic ring is 1. The Morgan fingerprint density at radius 3 is 2.67 bits per heavy atom. The lowest BCUT2D eigenvalue weighted by Gasteiger charge is -2.22. The number of hydrogen-bond donors (Lipinski definition) is 1. The SMILES string of the molecule is CCCn1c(C2CCCCC2)nc(-c2cnn(C)c2)c1N. The Bertz CT molecular complexity index is 604. The first-order valence-electron chi connectivity index (χ1n) is 8.05.